The first-order valence-corrected chi connectivity index (χ1v) is 12.8. The molecule has 2 aliphatic rings. The van der Waals surface area contributed by atoms with Crippen LogP contribution in [0.2, 0.25) is 0 Å². The second-order valence-electron chi connectivity index (χ2n) is 9.74. The van der Waals surface area contributed by atoms with Crippen molar-refractivity contribution in [3.63, 3.8) is 0 Å². The fraction of sp³-hybridized carbons (Fsp3) is 0.538. The summed E-state index contributed by atoms with van der Waals surface area (Å²) in [5.41, 5.74) is 9.11. The number of nitrogens with one attached hydrogen (secondary N) is 1. The molecule has 0 unspecified atom stereocenters. The van der Waals surface area contributed by atoms with Crippen molar-refractivity contribution >= 4 is 34.6 Å². The molecule has 9 heteroatoms. The van der Waals surface area contributed by atoms with E-state index in [1.165, 1.54) is 12.8 Å². The minimum atomic E-state index is -0.324. The van der Waals surface area contributed by atoms with Crippen LogP contribution in [0.25, 0.3) is 11.2 Å². The number of aromatic nitrogens is 4. The predicted octanol–water partition coefficient (Wildman–Crippen LogP) is 4.57. The first-order chi connectivity index (χ1) is 17.0. The summed E-state index contributed by atoms with van der Waals surface area (Å²) in [6.45, 7) is 2.15. The summed E-state index contributed by atoms with van der Waals surface area (Å²) in [4.78, 5) is 28.9. The van der Waals surface area contributed by atoms with Crippen molar-refractivity contribution in [3.05, 3.63) is 36.2 Å². The summed E-state index contributed by atoms with van der Waals surface area (Å²) < 4.78 is 7.32. The van der Waals surface area contributed by atoms with E-state index in [1.807, 2.05) is 18.5 Å². The number of nitrogens with zero attached hydrogens (tertiary/aromatic N) is 5. The van der Waals surface area contributed by atoms with Crippen molar-refractivity contribution < 1.29 is 9.53 Å². The van der Waals surface area contributed by atoms with Gasteiger partial charge in [-0.25, -0.2) is 9.78 Å². The van der Waals surface area contributed by atoms with Crippen LogP contribution in [0, 0.1) is 0 Å². The number of carbonyl (C=O) groups excluding carboxylic acids is 1. The Morgan fingerprint density at radius 3 is 2.51 bits per heavy atom. The largest absolute Gasteiger partial charge is 0.462 e. The molecule has 1 aromatic carbocycles. The van der Waals surface area contributed by atoms with Gasteiger partial charge < -0.3 is 25.3 Å². The Morgan fingerprint density at radius 2 is 1.83 bits per heavy atom. The zero-order valence-corrected chi connectivity index (χ0v) is 20.6. The topological polar surface area (TPSA) is 111 Å². The van der Waals surface area contributed by atoms with Gasteiger partial charge in [-0.05, 0) is 69.7 Å². The number of rotatable bonds is 7. The number of ether oxygens (including phenoxy) is 1. The summed E-state index contributed by atoms with van der Waals surface area (Å²) in [7, 11) is 2.08. The molecule has 0 aliphatic heterocycles. The molecule has 2 aromatic heterocycles. The molecule has 35 heavy (non-hydrogen) atoms. The average molecular weight is 478 g/mol. The molecular formula is C26H35N7O2. The van der Waals surface area contributed by atoms with Gasteiger partial charge in [-0.3, -0.25) is 0 Å². The molecule has 2 aliphatic carbocycles. The lowest BCUT2D eigenvalue weighted by molar-refractivity contribution is 0.0526. The normalized spacial score (nSPS) is 20.8. The van der Waals surface area contributed by atoms with Crippen LogP contribution in [0.1, 0.15) is 74.7 Å². The number of esters is 1. The van der Waals surface area contributed by atoms with Crippen LogP contribution < -0.4 is 16.0 Å². The number of anilines is 3. The van der Waals surface area contributed by atoms with Crippen LogP contribution >= 0.6 is 0 Å². The summed E-state index contributed by atoms with van der Waals surface area (Å²) in [5, 5.41) is 3.43. The van der Waals surface area contributed by atoms with Crippen LogP contribution in [0.4, 0.5) is 17.5 Å². The van der Waals surface area contributed by atoms with Crippen molar-refractivity contribution in [2.45, 2.75) is 76.4 Å². The SMILES string of the molecule is CCOC(=O)c1ccc(Nc2nc(N(C)C3CCC(N)CC3)nc3c2ncn3C2CCCC2)cc1. The third kappa shape index (κ3) is 4.96. The van der Waals surface area contributed by atoms with Gasteiger partial charge in [0.15, 0.2) is 17.0 Å². The third-order valence-electron chi connectivity index (χ3n) is 7.39. The number of nitrogens with two attached hydrogens (primary N) is 1. The fourth-order valence-electron chi connectivity index (χ4n) is 5.29. The highest BCUT2D eigenvalue weighted by molar-refractivity contribution is 5.90. The van der Waals surface area contributed by atoms with Crippen molar-refractivity contribution in [2.24, 2.45) is 5.73 Å². The fourth-order valence-corrected chi connectivity index (χ4v) is 5.29. The van der Waals surface area contributed by atoms with Crippen LogP contribution in [0.15, 0.2) is 30.6 Å². The van der Waals surface area contributed by atoms with E-state index in [0.717, 1.165) is 55.4 Å². The van der Waals surface area contributed by atoms with E-state index in [2.05, 4.69) is 21.8 Å². The van der Waals surface area contributed by atoms with Crippen molar-refractivity contribution in [1.29, 1.82) is 0 Å². The minimum Gasteiger partial charge on any atom is -0.462 e. The van der Waals surface area contributed by atoms with Gasteiger partial charge in [0.2, 0.25) is 5.95 Å². The minimum absolute atomic E-state index is 0.293. The molecule has 0 spiro atoms. The van der Waals surface area contributed by atoms with E-state index in [1.54, 1.807) is 19.1 Å². The summed E-state index contributed by atoms with van der Waals surface area (Å²) in [6, 6.07) is 8.33. The molecule has 2 fully saturated rings. The Bertz CT molecular complexity index is 1160. The van der Waals surface area contributed by atoms with E-state index in [9.17, 15) is 4.79 Å². The first-order valence-electron chi connectivity index (χ1n) is 12.8. The van der Waals surface area contributed by atoms with Crippen molar-refractivity contribution in [2.75, 3.05) is 23.9 Å². The molecule has 0 radical (unpaired) electrons. The van der Waals surface area contributed by atoms with Crippen molar-refractivity contribution in [3.8, 4) is 0 Å². The number of hydrogen-bond donors (Lipinski definition) is 2. The van der Waals surface area contributed by atoms with Gasteiger partial charge >= 0.3 is 5.97 Å². The maximum atomic E-state index is 12.0. The van der Waals surface area contributed by atoms with E-state index >= 15 is 0 Å². The molecule has 3 aromatic rings. The molecule has 2 saturated carbocycles. The molecule has 0 saturated heterocycles. The molecule has 186 valence electrons. The van der Waals surface area contributed by atoms with E-state index in [4.69, 9.17) is 25.4 Å². The number of fused-ring (bicyclic) bond motifs is 1. The lowest BCUT2D eigenvalue weighted by Crippen LogP contribution is -2.39. The molecule has 2 heterocycles. The van der Waals surface area contributed by atoms with Crippen LogP contribution in [0.5, 0.6) is 0 Å². The van der Waals surface area contributed by atoms with E-state index in [0.29, 0.717) is 42.1 Å². The zero-order chi connectivity index (χ0) is 24.4. The highest BCUT2D eigenvalue weighted by Gasteiger charge is 2.27. The quantitative estimate of drug-likeness (QED) is 0.476. The molecule has 0 atom stereocenters. The Hall–Kier alpha value is -3.20. The Kier molecular flexibility index (Phi) is 6.86. The van der Waals surface area contributed by atoms with Gasteiger partial charge in [-0.1, -0.05) is 12.8 Å². The molecule has 0 amide bonds. The number of imidazole rings is 1. The summed E-state index contributed by atoms with van der Waals surface area (Å²) >= 11 is 0. The van der Waals surface area contributed by atoms with E-state index in [-0.39, 0.29) is 5.97 Å². The lowest BCUT2D eigenvalue weighted by Gasteiger charge is -2.33. The first kappa shape index (κ1) is 23.5. The zero-order valence-electron chi connectivity index (χ0n) is 20.6. The molecule has 3 N–H and O–H groups in total. The van der Waals surface area contributed by atoms with Crippen LogP contribution in [-0.2, 0) is 4.74 Å². The van der Waals surface area contributed by atoms with Gasteiger partial charge in [0.1, 0.15) is 0 Å². The van der Waals surface area contributed by atoms with Gasteiger partial charge in [-0.2, -0.15) is 9.97 Å². The molecular weight excluding hydrogens is 442 g/mol. The second kappa shape index (κ2) is 10.2. The molecule has 5 rings (SSSR count). The highest BCUT2D eigenvalue weighted by Crippen LogP contribution is 2.34. The van der Waals surface area contributed by atoms with Crippen LogP contribution in [-0.4, -0.2) is 51.2 Å². The number of benzene rings is 1. The highest BCUT2D eigenvalue weighted by atomic mass is 16.5. The van der Waals surface area contributed by atoms with Gasteiger partial charge in [0.05, 0.1) is 18.5 Å². The average Bonchev–Trinajstić information content (AvgIpc) is 3.55. The standard InChI is InChI=1S/C26H35N7O2/c1-3-35-25(34)17-8-12-19(13-9-17)29-23-22-24(33(16-28-22)21-6-4-5-7-21)31-26(30-23)32(2)20-14-10-18(27)11-15-20/h8-9,12-13,16,18,20-21H,3-7,10-11,14-15,27H2,1-2H3,(H,29,30,31). The van der Waals surface area contributed by atoms with E-state index < -0.39 is 0 Å². The third-order valence-corrected chi connectivity index (χ3v) is 7.39. The van der Waals surface area contributed by atoms with Crippen molar-refractivity contribution in [1.82, 2.24) is 19.5 Å². The van der Waals surface area contributed by atoms with Gasteiger partial charge in [-0.15, -0.1) is 0 Å². The van der Waals surface area contributed by atoms with Gasteiger partial charge in [0.25, 0.3) is 0 Å². The lowest BCUT2D eigenvalue weighted by atomic mass is 9.91. The van der Waals surface area contributed by atoms with Gasteiger partial charge in [0, 0.05) is 30.9 Å². The molecule has 0 bridgehead atoms. The number of hydrogen-bond acceptors (Lipinski definition) is 8. The smallest absolute Gasteiger partial charge is 0.338 e. The summed E-state index contributed by atoms with van der Waals surface area (Å²) in [5.74, 6) is 1.04. The summed E-state index contributed by atoms with van der Waals surface area (Å²) in [6.07, 6.45) is 10.8. The maximum absolute atomic E-state index is 12.0. The monoisotopic (exact) mass is 477 g/mol. The van der Waals surface area contributed by atoms with Crippen LogP contribution in [0.3, 0.4) is 0 Å². The molecule has 9 nitrogen and oxygen atoms in total. The Morgan fingerprint density at radius 1 is 1.11 bits per heavy atom. The predicted molar refractivity (Wildman–Crippen MR) is 137 cm³/mol. The second-order valence-corrected chi connectivity index (χ2v) is 9.74. The number of carbonyl (C=O) groups is 1. The Labute approximate surface area is 206 Å². The Balaban J connectivity index is 1.48. The maximum Gasteiger partial charge on any atom is 0.338 e.